The first kappa shape index (κ1) is 23.1. The number of fused-ring (bicyclic) bond motifs is 1. The molecule has 0 spiro atoms. The van der Waals surface area contributed by atoms with Gasteiger partial charge >= 0.3 is 0 Å². The van der Waals surface area contributed by atoms with E-state index in [4.69, 9.17) is 23.8 Å². The van der Waals surface area contributed by atoms with Crippen LogP contribution in [0, 0.1) is 0 Å². The van der Waals surface area contributed by atoms with Crippen molar-refractivity contribution in [2.75, 3.05) is 16.8 Å². The number of benzene rings is 2. The van der Waals surface area contributed by atoms with Gasteiger partial charge in [0.05, 0.1) is 16.2 Å². The standard InChI is InChI=1S/C25H22ClN3O3S2/c26-15-10-12-16(13-11-15)27-20(30)14-28-19-9-5-4-8-18(19)21(23(28)31)22-24(32)29(25(33)34-22)17-6-2-1-3-7-17/h4-5,8-13,17H,1-3,6-7,14H2,(H,27,30)/b22-21+. The summed E-state index contributed by atoms with van der Waals surface area (Å²) in [6, 6.07) is 14.1. The minimum Gasteiger partial charge on any atom is -0.325 e. The van der Waals surface area contributed by atoms with Crippen LogP contribution in [-0.2, 0) is 14.4 Å². The van der Waals surface area contributed by atoms with E-state index in [2.05, 4.69) is 5.32 Å². The number of hydrogen-bond donors (Lipinski definition) is 1. The van der Waals surface area contributed by atoms with Gasteiger partial charge in [-0.3, -0.25) is 24.2 Å². The Balaban J connectivity index is 1.43. The van der Waals surface area contributed by atoms with Crippen molar-refractivity contribution in [1.82, 2.24) is 4.90 Å². The Hall–Kier alpha value is -2.68. The Bertz CT molecular complexity index is 1220. The van der Waals surface area contributed by atoms with Gasteiger partial charge in [0.2, 0.25) is 5.91 Å². The third-order valence-corrected chi connectivity index (χ3v) is 7.97. The summed E-state index contributed by atoms with van der Waals surface area (Å²) in [6.45, 7) is -0.176. The van der Waals surface area contributed by atoms with E-state index < -0.39 is 0 Å². The molecule has 0 atom stereocenters. The number of carbonyl (C=O) groups excluding carboxylic acids is 3. The Morgan fingerprint density at radius 1 is 1.03 bits per heavy atom. The van der Waals surface area contributed by atoms with Crippen LogP contribution in [0.15, 0.2) is 53.4 Å². The van der Waals surface area contributed by atoms with Crippen molar-refractivity contribution < 1.29 is 14.4 Å². The molecule has 0 radical (unpaired) electrons. The molecule has 1 saturated carbocycles. The number of nitrogens with one attached hydrogen (secondary N) is 1. The lowest BCUT2D eigenvalue weighted by molar-refractivity contribution is -0.124. The smallest absolute Gasteiger partial charge is 0.267 e. The van der Waals surface area contributed by atoms with Crippen molar-refractivity contribution in [1.29, 1.82) is 0 Å². The highest BCUT2D eigenvalue weighted by Crippen LogP contribution is 2.45. The van der Waals surface area contributed by atoms with Gasteiger partial charge in [0, 0.05) is 22.3 Å². The quantitative estimate of drug-likeness (QED) is 0.449. The molecular formula is C25H22ClN3O3S2. The molecule has 2 fully saturated rings. The summed E-state index contributed by atoms with van der Waals surface area (Å²) in [5.41, 5.74) is 2.17. The number of halogens is 1. The Morgan fingerprint density at radius 2 is 1.74 bits per heavy atom. The van der Waals surface area contributed by atoms with Crippen LogP contribution < -0.4 is 10.2 Å². The summed E-state index contributed by atoms with van der Waals surface area (Å²) in [5.74, 6) is -0.911. The molecule has 3 amide bonds. The molecule has 0 aromatic heterocycles. The fourth-order valence-electron chi connectivity index (χ4n) is 4.72. The van der Waals surface area contributed by atoms with Gasteiger partial charge in [-0.25, -0.2) is 0 Å². The van der Waals surface area contributed by atoms with Crippen molar-refractivity contribution in [3.05, 3.63) is 64.0 Å². The van der Waals surface area contributed by atoms with E-state index in [0.717, 1.165) is 25.7 Å². The predicted molar refractivity (Wildman–Crippen MR) is 140 cm³/mol. The molecule has 2 heterocycles. The van der Waals surface area contributed by atoms with Crippen LogP contribution in [0.25, 0.3) is 5.57 Å². The van der Waals surface area contributed by atoms with Gasteiger partial charge in [-0.05, 0) is 43.2 Å². The number of hydrogen-bond acceptors (Lipinski definition) is 5. The average molecular weight is 512 g/mol. The van der Waals surface area contributed by atoms with E-state index in [1.54, 1.807) is 35.2 Å². The van der Waals surface area contributed by atoms with Crippen LogP contribution in [0.3, 0.4) is 0 Å². The lowest BCUT2D eigenvalue weighted by Gasteiger charge is -2.29. The highest BCUT2D eigenvalue weighted by atomic mass is 35.5. The lowest BCUT2D eigenvalue weighted by atomic mass is 9.94. The van der Waals surface area contributed by atoms with Crippen LogP contribution in [0.4, 0.5) is 11.4 Å². The van der Waals surface area contributed by atoms with Gasteiger partial charge in [0.1, 0.15) is 10.9 Å². The summed E-state index contributed by atoms with van der Waals surface area (Å²) >= 11 is 12.7. The van der Waals surface area contributed by atoms with Crippen molar-refractivity contribution >= 4 is 74.6 Å². The summed E-state index contributed by atoms with van der Waals surface area (Å²) in [6.07, 6.45) is 5.18. The van der Waals surface area contributed by atoms with Crippen molar-refractivity contribution in [2.45, 2.75) is 38.1 Å². The number of amides is 3. The molecule has 1 aliphatic carbocycles. The first-order chi connectivity index (χ1) is 16.4. The Morgan fingerprint density at radius 3 is 2.47 bits per heavy atom. The number of thioether (sulfide) groups is 1. The fourth-order valence-corrected chi connectivity index (χ4v) is 6.32. The molecule has 2 aromatic carbocycles. The average Bonchev–Trinajstić information content (AvgIpc) is 3.28. The molecule has 3 aliphatic rings. The van der Waals surface area contributed by atoms with E-state index in [1.165, 1.54) is 23.1 Å². The third-order valence-electron chi connectivity index (χ3n) is 6.32. The van der Waals surface area contributed by atoms with Crippen LogP contribution in [-0.4, -0.2) is 39.5 Å². The van der Waals surface area contributed by atoms with Crippen LogP contribution in [0.1, 0.15) is 37.7 Å². The molecule has 9 heteroatoms. The molecule has 0 bridgehead atoms. The van der Waals surface area contributed by atoms with Crippen molar-refractivity contribution in [3.63, 3.8) is 0 Å². The maximum atomic E-state index is 13.6. The maximum absolute atomic E-state index is 13.6. The molecule has 6 nitrogen and oxygen atoms in total. The largest absolute Gasteiger partial charge is 0.325 e. The number of carbonyl (C=O) groups is 3. The van der Waals surface area contributed by atoms with E-state index in [-0.39, 0.29) is 30.3 Å². The zero-order chi connectivity index (χ0) is 23.8. The van der Waals surface area contributed by atoms with Gasteiger partial charge in [0.25, 0.3) is 11.8 Å². The van der Waals surface area contributed by atoms with Gasteiger partial charge in [-0.15, -0.1) is 0 Å². The van der Waals surface area contributed by atoms with E-state index in [1.807, 2.05) is 18.2 Å². The second-order valence-corrected chi connectivity index (χ2v) is 10.6. The molecule has 5 rings (SSSR count). The molecule has 2 aromatic rings. The first-order valence-corrected chi connectivity index (χ1v) is 12.8. The van der Waals surface area contributed by atoms with Gasteiger partial charge in [-0.1, -0.05) is 73.0 Å². The predicted octanol–water partition coefficient (Wildman–Crippen LogP) is 5.23. The second kappa shape index (κ2) is 9.52. The van der Waals surface area contributed by atoms with Gasteiger partial charge < -0.3 is 5.32 Å². The fraction of sp³-hybridized carbons (Fsp3) is 0.280. The molecule has 1 N–H and O–H groups in total. The molecule has 0 unspecified atom stereocenters. The first-order valence-electron chi connectivity index (χ1n) is 11.2. The van der Waals surface area contributed by atoms with Gasteiger partial charge in [0.15, 0.2) is 0 Å². The van der Waals surface area contributed by atoms with E-state index in [0.29, 0.717) is 36.8 Å². The minimum atomic E-state index is -0.364. The highest BCUT2D eigenvalue weighted by Gasteiger charge is 2.44. The monoisotopic (exact) mass is 511 g/mol. The van der Waals surface area contributed by atoms with Crippen LogP contribution in [0.2, 0.25) is 5.02 Å². The van der Waals surface area contributed by atoms with E-state index >= 15 is 0 Å². The molecule has 1 saturated heterocycles. The second-order valence-electron chi connectivity index (χ2n) is 8.50. The number of rotatable bonds is 4. The molecule has 34 heavy (non-hydrogen) atoms. The zero-order valence-corrected chi connectivity index (χ0v) is 20.6. The molecular weight excluding hydrogens is 490 g/mol. The highest BCUT2D eigenvalue weighted by molar-refractivity contribution is 8.26. The van der Waals surface area contributed by atoms with Gasteiger partial charge in [-0.2, -0.15) is 0 Å². The zero-order valence-electron chi connectivity index (χ0n) is 18.3. The SMILES string of the molecule is O=C(CN1C(=O)/C(=C2/SC(=S)N(C3CCCCC3)C2=O)c2ccccc21)Nc1ccc(Cl)cc1. The summed E-state index contributed by atoms with van der Waals surface area (Å²) in [7, 11) is 0. The number of para-hydroxylation sites is 1. The van der Waals surface area contributed by atoms with Crippen molar-refractivity contribution in [2.24, 2.45) is 0 Å². The topological polar surface area (TPSA) is 69.7 Å². The molecule has 174 valence electrons. The Kier molecular flexibility index (Phi) is 6.46. The molecule has 2 aliphatic heterocycles. The third kappa shape index (κ3) is 4.26. The number of nitrogens with zero attached hydrogens (tertiary/aromatic N) is 2. The van der Waals surface area contributed by atoms with Crippen LogP contribution >= 0.6 is 35.6 Å². The Labute approximate surface area is 212 Å². The summed E-state index contributed by atoms with van der Waals surface area (Å²) in [5, 5.41) is 3.36. The van der Waals surface area contributed by atoms with Crippen LogP contribution in [0.5, 0.6) is 0 Å². The summed E-state index contributed by atoms with van der Waals surface area (Å²) < 4.78 is 0.503. The number of thiocarbonyl (C=S) groups is 1. The van der Waals surface area contributed by atoms with E-state index in [9.17, 15) is 14.4 Å². The number of anilines is 2. The summed E-state index contributed by atoms with van der Waals surface area (Å²) in [4.78, 5) is 43.2. The minimum absolute atomic E-state index is 0.0901. The lowest BCUT2D eigenvalue weighted by Crippen LogP contribution is -2.40. The maximum Gasteiger partial charge on any atom is 0.267 e. The van der Waals surface area contributed by atoms with Crippen molar-refractivity contribution in [3.8, 4) is 0 Å². The normalized spacial score (nSPS) is 20.8.